The summed E-state index contributed by atoms with van der Waals surface area (Å²) < 4.78 is 0. The first kappa shape index (κ1) is 31.9. The van der Waals surface area contributed by atoms with Gasteiger partial charge in [-0.25, -0.2) is 0 Å². The van der Waals surface area contributed by atoms with Crippen molar-refractivity contribution in [3.63, 3.8) is 0 Å². The minimum Gasteiger partial charge on any atom is -0.310 e. The number of rotatable bonds is 4. The van der Waals surface area contributed by atoms with Crippen LogP contribution >= 0.6 is 0 Å². The third kappa shape index (κ3) is 4.30. The highest BCUT2D eigenvalue weighted by atomic mass is 15.1. The van der Waals surface area contributed by atoms with Gasteiger partial charge in [0.1, 0.15) is 0 Å². The molecular formula is C54H47N. The maximum atomic E-state index is 2.58. The van der Waals surface area contributed by atoms with Gasteiger partial charge in [0.05, 0.1) is 5.69 Å². The zero-order valence-corrected chi connectivity index (χ0v) is 32.1. The number of aryl methyl sites for hydroxylation is 1. The van der Waals surface area contributed by atoms with Crippen LogP contribution in [0.3, 0.4) is 0 Å². The van der Waals surface area contributed by atoms with E-state index in [9.17, 15) is 0 Å². The predicted molar refractivity (Wildman–Crippen MR) is 230 cm³/mol. The van der Waals surface area contributed by atoms with Gasteiger partial charge in [-0.2, -0.15) is 0 Å². The lowest BCUT2D eigenvalue weighted by Gasteiger charge is -2.61. The van der Waals surface area contributed by atoms with Gasteiger partial charge >= 0.3 is 0 Å². The molecule has 7 aromatic carbocycles. The fourth-order valence-corrected chi connectivity index (χ4v) is 13.0. The summed E-state index contributed by atoms with van der Waals surface area (Å²) in [5, 5.41) is 2.56. The van der Waals surface area contributed by atoms with Crippen molar-refractivity contribution in [2.45, 2.75) is 63.7 Å². The van der Waals surface area contributed by atoms with Crippen LogP contribution in [0.2, 0.25) is 0 Å². The van der Waals surface area contributed by atoms with E-state index in [-0.39, 0.29) is 10.8 Å². The SMILES string of the molecule is Cc1ccc(N(c2ccc3c(c2)-c2ccccc2C3(C)C)c2cccc3cccc(-c4ccc5c(c4)-c4ccccc4C54C5CC6CC(C5)CC4C6)c23)cc1. The van der Waals surface area contributed by atoms with Crippen molar-refractivity contribution < 1.29 is 0 Å². The molecule has 0 unspecified atom stereocenters. The lowest BCUT2D eigenvalue weighted by Crippen LogP contribution is -2.55. The van der Waals surface area contributed by atoms with Crippen LogP contribution in [0.1, 0.15) is 73.8 Å². The Morgan fingerprint density at radius 2 is 1.04 bits per heavy atom. The lowest BCUT2D eigenvalue weighted by molar-refractivity contribution is -0.0399. The zero-order valence-electron chi connectivity index (χ0n) is 32.1. The second-order valence-corrected chi connectivity index (χ2v) is 18.2. The molecule has 55 heavy (non-hydrogen) atoms. The van der Waals surface area contributed by atoms with Crippen LogP contribution in [0.5, 0.6) is 0 Å². The lowest BCUT2D eigenvalue weighted by atomic mass is 9.43. The largest absolute Gasteiger partial charge is 0.310 e. The van der Waals surface area contributed by atoms with Crippen molar-refractivity contribution in [1.29, 1.82) is 0 Å². The molecule has 7 aromatic rings. The topological polar surface area (TPSA) is 3.24 Å². The average molecular weight is 710 g/mol. The number of hydrogen-bond acceptors (Lipinski definition) is 1. The monoisotopic (exact) mass is 709 g/mol. The van der Waals surface area contributed by atoms with Gasteiger partial charge in [-0.15, -0.1) is 0 Å². The first-order valence-corrected chi connectivity index (χ1v) is 20.8. The second-order valence-electron chi connectivity index (χ2n) is 18.2. The van der Waals surface area contributed by atoms with Crippen molar-refractivity contribution in [3.8, 4) is 33.4 Å². The van der Waals surface area contributed by atoms with E-state index in [2.05, 4.69) is 171 Å². The van der Waals surface area contributed by atoms with Crippen LogP contribution in [0.4, 0.5) is 17.1 Å². The van der Waals surface area contributed by atoms with E-state index in [4.69, 9.17) is 0 Å². The molecule has 0 heterocycles. The van der Waals surface area contributed by atoms with Gasteiger partial charge in [0, 0.05) is 27.6 Å². The number of fused-ring (bicyclic) bond motifs is 7. The predicted octanol–water partition coefficient (Wildman–Crippen LogP) is 14.3. The van der Waals surface area contributed by atoms with Crippen molar-refractivity contribution in [1.82, 2.24) is 0 Å². The summed E-state index contributed by atoms with van der Waals surface area (Å²) in [6, 6.07) is 56.2. The molecule has 4 fully saturated rings. The maximum absolute atomic E-state index is 2.58. The van der Waals surface area contributed by atoms with Crippen molar-refractivity contribution >= 4 is 27.8 Å². The molecule has 0 radical (unpaired) electrons. The minimum absolute atomic E-state index is 0.0345. The van der Waals surface area contributed by atoms with Gasteiger partial charge in [-0.3, -0.25) is 0 Å². The average Bonchev–Trinajstić information content (AvgIpc) is 3.62. The van der Waals surface area contributed by atoms with Gasteiger partial charge < -0.3 is 4.90 Å². The third-order valence-electron chi connectivity index (χ3n) is 15.1. The molecule has 6 aliphatic carbocycles. The van der Waals surface area contributed by atoms with Crippen LogP contribution in [0, 0.1) is 30.6 Å². The number of benzene rings is 7. The molecule has 0 aromatic heterocycles. The Balaban J connectivity index is 1.06. The molecule has 1 spiro atoms. The summed E-state index contributed by atoms with van der Waals surface area (Å²) in [5.41, 5.74) is 19.3. The summed E-state index contributed by atoms with van der Waals surface area (Å²) >= 11 is 0. The number of nitrogens with zero attached hydrogens (tertiary/aromatic N) is 1. The van der Waals surface area contributed by atoms with Crippen molar-refractivity contribution in [2.75, 3.05) is 4.90 Å². The normalized spacial score (nSPS) is 24.5. The van der Waals surface area contributed by atoms with E-state index in [0.717, 1.165) is 23.7 Å². The van der Waals surface area contributed by atoms with Gasteiger partial charge in [-0.1, -0.05) is 129 Å². The molecule has 4 bridgehead atoms. The molecule has 6 aliphatic rings. The van der Waals surface area contributed by atoms with Gasteiger partial charge in [0.2, 0.25) is 0 Å². The van der Waals surface area contributed by atoms with Gasteiger partial charge in [0.15, 0.2) is 0 Å². The highest BCUT2D eigenvalue weighted by Gasteiger charge is 2.61. The minimum atomic E-state index is -0.0345. The van der Waals surface area contributed by atoms with E-state index in [1.54, 1.807) is 11.1 Å². The molecule has 0 saturated heterocycles. The standard InChI is InChI=1S/C54H47N/c1-33-18-21-40(22-19-33)55(41-23-25-48-46(32-41)43-12-4-6-15-47(43)53(48,2)3)51-17-9-11-36-10-8-14-42(52(36)51)37-20-24-50-45(31-37)44-13-5-7-16-49(44)54(50)38-27-34-26-35(29-38)30-39(54)28-34/h4-25,31-32,34-35,38-39H,26-30H2,1-3H3. The Hall–Kier alpha value is -5.40. The van der Waals surface area contributed by atoms with Crippen LogP contribution in [0.15, 0.2) is 146 Å². The Labute approximate surface area is 325 Å². The smallest absolute Gasteiger partial charge is 0.0546 e. The van der Waals surface area contributed by atoms with E-state index in [1.807, 2.05) is 0 Å². The van der Waals surface area contributed by atoms with Crippen LogP contribution < -0.4 is 4.90 Å². The van der Waals surface area contributed by atoms with Gasteiger partial charge in [-0.05, 0) is 160 Å². The Morgan fingerprint density at radius 1 is 0.473 bits per heavy atom. The number of anilines is 3. The molecule has 0 N–H and O–H groups in total. The molecule has 0 aliphatic heterocycles. The van der Waals surface area contributed by atoms with Crippen LogP contribution in [0.25, 0.3) is 44.2 Å². The molecule has 1 nitrogen and oxygen atoms in total. The first-order chi connectivity index (χ1) is 26.9. The van der Waals surface area contributed by atoms with Crippen LogP contribution in [-0.2, 0) is 10.8 Å². The molecule has 268 valence electrons. The van der Waals surface area contributed by atoms with Crippen molar-refractivity contribution in [3.05, 3.63) is 173 Å². The number of hydrogen-bond donors (Lipinski definition) is 0. The van der Waals surface area contributed by atoms with E-state index in [0.29, 0.717) is 0 Å². The summed E-state index contributed by atoms with van der Waals surface area (Å²) in [4.78, 5) is 2.51. The van der Waals surface area contributed by atoms with Gasteiger partial charge in [0.25, 0.3) is 0 Å². The highest BCUT2D eigenvalue weighted by Crippen LogP contribution is 2.69. The second kappa shape index (κ2) is 11.3. The molecule has 4 saturated carbocycles. The quantitative estimate of drug-likeness (QED) is 0.176. The third-order valence-corrected chi connectivity index (χ3v) is 15.1. The molecule has 1 heteroatoms. The van der Waals surface area contributed by atoms with E-state index in [1.165, 1.54) is 110 Å². The summed E-state index contributed by atoms with van der Waals surface area (Å²) in [6.07, 6.45) is 7.13. The zero-order chi connectivity index (χ0) is 36.6. The maximum Gasteiger partial charge on any atom is 0.0546 e. The summed E-state index contributed by atoms with van der Waals surface area (Å²) in [7, 11) is 0. The Kier molecular flexibility index (Phi) is 6.57. The summed E-state index contributed by atoms with van der Waals surface area (Å²) in [6.45, 7) is 6.91. The summed E-state index contributed by atoms with van der Waals surface area (Å²) in [5.74, 6) is 3.44. The molecular weight excluding hydrogens is 663 g/mol. The molecule has 0 amide bonds. The highest BCUT2D eigenvalue weighted by molar-refractivity contribution is 6.08. The molecule has 13 rings (SSSR count). The fraction of sp³-hybridized carbons (Fsp3) is 0.259. The molecule has 0 atom stereocenters. The van der Waals surface area contributed by atoms with Crippen molar-refractivity contribution in [2.24, 2.45) is 23.7 Å². The Bertz CT molecular complexity index is 2680. The Morgan fingerprint density at radius 3 is 1.78 bits per heavy atom. The van der Waals surface area contributed by atoms with Crippen LogP contribution in [-0.4, -0.2) is 0 Å². The van der Waals surface area contributed by atoms with E-state index >= 15 is 0 Å². The van der Waals surface area contributed by atoms with E-state index < -0.39 is 0 Å². The fourth-order valence-electron chi connectivity index (χ4n) is 13.0. The first-order valence-electron chi connectivity index (χ1n) is 20.8.